The van der Waals surface area contributed by atoms with Gasteiger partial charge in [0.15, 0.2) is 0 Å². The zero-order valence-electron chi connectivity index (χ0n) is 23.3. The van der Waals surface area contributed by atoms with E-state index in [9.17, 15) is 0 Å². The van der Waals surface area contributed by atoms with Crippen LogP contribution in [0.25, 0.3) is 72.5 Å². The van der Waals surface area contributed by atoms with Crippen LogP contribution in [-0.4, -0.2) is 19.5 Å². The van der Waals surface area contributed by atoms with Gasteiger partial charge in [0.25, 0.3) is 0 Å². The molecule has 202 valence electrons. The van der Waals surface area contributed by atoms with Crippen molar-refractivity contribution in [3.05, 3.63) is 158 Å². The Labute approximate surface area is 249 Å². The van der Waals surface area contributed by atoms with Gasteiger partial charge in [-0.3, -0.25) is 9.55 Å². The van der Waals surface area contributed by atoms with Gasteiger partial charge < -0.3 is 0 Å². The second-order valence-electron chi connectivity index (χ2n) is 10.6. The third-order valence-corrected chi connectivity index (χ3v) is 7.89. The number of rotatable bonds is 5. The van der Waals surface area contributed by atoms with Crippen LogP contribution in [-0.2, 0) is 0 Å². The van der Waals surface area contributed by atoms with Gasteiger partial charge in [-0.15, -0.1) is 0 Å². The second-order valence-corrected chi connectivity index (χ2v) is 10.6. The lowest BCUT2D eigenvalue weighted by atomic mass is 9.95. The van der Waals surface area contributed by atoms with Crippen LogP contribution in [0.4, 0.5) is 0 Å². The number of nitrogens with zero attached hydrogens (tertiary/aromatic N) is 4. The minimum Gasteiger partial charge on any atom is -0.292 e. The number of para-hydroxylation sites is 1. The number of fused-ring (bicyclic) bond motifs is 3. The van der Waals surface area contributed by atoms with E-state index in [1.165, 1.54) is 16.5 Å². The molecule has 0 atom stereocenters. The molecule has 0 amide bonds. The third kappa shape index (κ3) is 4.55. The molecule has 4 aromatic heterocycles. The fourth-order valence-electron chi connectivity index (χ4n) is 5.86. The summed E-state index contributed by atoms with van der Waals surface area (Å²) >= 11 is 0. The third-order valence-electron chi connectivity index (χ3n) is 7.89. The Hall–Kier alpha value is -5.87. The Morgan fingerprint density at radius 2 is 0.977 bits per heavy atom. The van der Waals surface area contributed by atoms with E-state index in [0.717, 1.165) is 56.0 Å². The lowest BCUT2D eigenvalue weighted by Gasteiger charge is -2.12. The van der Waals surface area contributed by atoms with E-state index in [0.29, 0.717) is 0 Å². The van der Waals surface area contributed by atoms with Gasteiger partial charge in [-0.25, -0.2) is 9.97 Å². The molecule has 8 rings (SSSR count). The molecule has 4 heteroatoms. The molecule has 0 spiro atoms. The summed E-state index contributed by atoms with van der Waals surface area (Å²) in [5, 5.41) is 2.34. The van der Waals surface area contributed by atoms with Gasteiger partial charge in [0, 0.05) is 22.5 Å². The molecule has 4 aromatic carbocycles. The Kier molecular flexibility index (Phi) is 6.08. The van der Waals surface area contributed by atoms with E-state index in [1.807, 2.05) is 48.8 Å². The summed E-state index contributed by atoms with van der Waals surface area (Å²) in [6, 6.07) is 50.5. The summed E-state index contributed by atoms with van der Waals surface area (Å²) in [7, 11) is 0. The smallest absolute Gasteiger partial charge is 0.138 e. The molecule has 0 radical (unpaired) electrons. The summed E-state index contributed by atoms with van der Waals surface area (Å²) < 4.78 is 2.18. The van der Waals surface area contributed by atoms with Crippen molar-refractivity contribution >= 4 is 21.8 Å². The topological polar surface area (TPSA) is 43.6 Å². The first-order valence-corrected chi connectivity index (χ1v) is 14.4. The minimum atomic E-state index is 0.816. The van der Waals surface area contributed by atoms with Crippen LogP contribution in [0, 0.1) is 0 Å². The summed E-state index contributed by atoms with van der Waals surface area (Å²) in [6.07, 6.45) is 3.75. The molecule has 0 fully saturated rings. The maximum atomic E-state index is 5.15. The highest BCUT2D eigenvalue weighted by atomic mass is 15.1. The quantitative estimate of drug-likeness (QED) is 0.214. The summed E-state index contributed by atoms with van der Waals surface area (Å²) in [4.78, 5) is 14.7. The molecule has 0 bridgehead atoms. The zero-order chi connectivity index (χ0) is 28.6. The fraction of sp³-hybridized carbons (Fsp3) is 0. The molecule has 4 nitrogen and oxygen atoms in total. The highest BCUT2D eigenvalue weighted by molar-refractivity contribution is 6.08. The Morgan fingerprint density at radius 1 is 0.395 bits per heavy atom. The van der Waals surface area contributed by atoms with Gasteiger partial charge in [-0.05, 0) is 76.9 Å². The van der Waals surface area contributed by atoms with E-state index >= 15 is 0 Å². The minimum absolute atomic E-state index is 0.816. The summed E-state index contributed by atoms with van der Waals surface area (Å²) in [6.45, 7) is 0. The first-order valence-electron chi connectivity index (χ1n) is 14.4. The molecule has 0 saturated heterocycles. The van der Waals surface area contributed by atoms with Crippen LogP contribution in [0.15, 0.2) is 158 Å². The average Bonchev–Trinajstić information content (AvgIpc) is 3.43. The Morgan fingerprint density at radius 3 is 1.72 bits per heavy atom. The molecule has 0 aliphatic rings. The summed E-state index contributed by atoms with van der Waals surface area (Å²) in [5.74, 6) is 0.835. The molecule has 4 heterocycles. The predicted octanol–water partition coefficient (Wildman–Crippen LogP) is 9.64. The molecule has 0 aliphatic carbocycles. The molecule has 0 N–H and O–H groups in total. The van der Waals surface area contributed by atoms with Crippen molar-refractivity contribution < 1.29 is 0 Å². The Bertz CT molecular complexity index is 2120. The van der Waals surface area contributed by atoms with Crippen LogP contribution >= 0.6 is 0 Å². The van der Waals surface area contributed by atoms with Crippen LogP contribution < -0.4 is 0 Å². The van der Waals surface area contributed by atoms with Crippen molar-refractivity contribution in [2.24, 2.45) is 0 Å². The van der Waals surface area contributed by atoms with Gasteiger partial charge in [-0.2, -0.15) is 0 Å². The molecular formula is C39H26N4. The van der Waals surface area contributed by atoms with Gasteiger partial charge >= 0.3 is 0 Å². The number of hydrogen-bond donors (Lipinski definition) is 0. The maximum Gasteiger partial charge on any atom is 0.138 e. The molecule has 43 heavy (non-hydrogen) atoms. The standard InChI is InChI=1S/C39H26N4/c1-3-11-27(12-4-1)29-23-30(28-13-5-2-6-14-28)25-31(24-29)34-16-9-17-35(41-34)36-18-10-20-39(42-36)43-37-19-8-7-15-32(37)33-21-22-40-26-38(33)43/h1-26H. The van der Waals surface area contributed by atoms with Gasteiger partial charge in [0.2, 0.25) is 0 Å². The number of benzene rings is 4. The van der Waals surface area contributed by atoms with E-state index in [4.69, 9.17) is 9.97 Å². The predicted molar refractivity (Wildman–Crippen MR) is 176 cm³/mol. The maximum absolute atomic E-state index is 5.15. The molecule has 8 aromatic rings. The van der Waals surface area contributed by atoms with Crippen molar-refractivity contribution in [1.82, 2.24) is 19.5 Å². The molecule has 0 aliphatic heterocycles. The summed E-state index contributed by atoms with van der Waals surface area (Å²) in [5.41, 5.74) is 10.4. The Balaban J connectivity index is 1.25. The van der Waals surface area contributed by atoms with Gasteiger partial charge in [0.1, 0.15) is 5.82 Å². The average molecular weight is 551 g/mol. The SMILES string of the molecule is c1ccc(-c2cc(-c3ccccc3)cc(-c3cccc(-c4cccc(-n5c6ccccc6c6ccncc65)n4)n3)c2)cc1. The normalized spacial score (nSPS) is 11.3. The van der Waals surface area contributed by atoms with Crippen molar-refractivity contribution in [2.75, 3.05) is 0 Å². The monoisotopic (exact) mass is 550 g/mol. The van der Waals surface area contributed by atoms with E-state index in [1.54, 1.807) is 0 Å². The van der Waals surface area contributed by atoms with Crippen LogP contribution in [0.2, 0.25) is 0 Å². The van der Waals surface area contributed by atoms with Crippen molar-refractivity contribution in [2.45, 2.75) is 0 Å². The fourth-order valence-corrected chi connectivity index (χ4v) is 5.86. The largest absolute Gasteiger partial charge is 0.292 e. The highest BCUT2D eigenvalue weighted by Gasteiger charge is 2.14. The van der Waals surface area contributed by atoms with E-state index in [2.05, 4.69) is 119 Å². The molecule has 0 unspecified atom stereocenters. The molecule has 0 saturated carbocycles. The van der Waals surface area contributed by atoms with Gasteiger partial charge in [-0.1, -0.05) is 91.0 Å². The number of hydrogen-bond acceptors (Lipinski definition) is 3. The van der Waals surface area contributed by atoms with Crippen molar-refractivity contribution in [3.63, 3.8) is 0 Å². The van der Waals surface area contributed by atoms with E-state index in [-0.39, 0.29) is 0 Å². The van der Waals surface area contributed by atoms with Crippen LogP contribution in [0.5, 0.6) is 0 Å². The van der Waals surface area contributed by atoms with E-state index < -0.39 is 0 Å². The molecular weight excluding hydrogens is 524 g/mol. The number of pyridine rings is 3. The first-order chi connectivity index (χ1) is 21.3. The number of aromatic nitrogens is 4. The first kappa shape index (κ1) is 24.9. The highest BCUT2D eigenvalue weighted by Crippen LogP contribution is 2.34. The zero-order valence-corrected chi connectivity index (χ0v) is 23.3. The lowest BCUT2D eigenvalue weighted by molar-refractivity contribution is 1.07. The van der Waals surface area contributed by atoms with Gasteiger partial charge in [0.05, 0.1) is 34.3 Å². The second kappa shape index (κ2) is 10.5. The van der Waals surface area contributed by atoms with Crippen LogP contribution in [0.1, 0.15) is 0 Å². The lowest BCUT2D eigenvalue weighted by Crippen LogP contribution is -1.99. The van der Waals surface area contributed by atoms with Crippen molar-refractivity contribution in [1.29, 1.82) is 0 Å². The van der Waals surface area contributed by atoms with Crippen molar-refractivity contribution in [3.8, 4) is 50.7 Å². The van der Waals surface area contributed by atoms with Crippen LogP contribution in [0.3, 0.4) is 0 Å².